The first-order valence-electron chi connectivity index (χ1n) is 6.18. The van der Waals surface area contributed by atoms with E-state index in [2.05, 4.69) is 51.7 Å². The van der Waals surface area contributed by atoms with Crippen molar-refractivity contribution < 1.29 is 4.48 Å². The van der Waals surface area contributed by atoms with E-state index in [0.717, 1.165) is 10.9 Å². The summed E-state index contributed by atoms with van der Waals surface area (Å²) < 4.78 is 1.16. The number of quaternary nitrogens is 1. The predicted octanol–water partition coefficient (Wildman–Crippen LogP) is 3.36. The van der Waals surface area contributed by atoms with Crippen molar-refractivity contribution in [2.24, 2.45) is 0 Å². The van der Waals surface area contributed by atoms with E-state index in [1.54, 1.807) is 0 Å². The Labute approximate surface area is 100.0 Å². The monoisotopic (exact) mass is 218 g/mol. The van der Waals surface area contributed by atoms with E-state index in [1.165, 1.54) is 30.8 Å². The second kappa shape index (κ2) is 5.86. The average molecular weight is 218 g/mol. The fraction of sp³-hybridized carbons (Fsp3) is 0.467. The Morgan fingerprint density at radius 3 is 2.12 bits per heavy atom. The number of nitrogens with zero attached hydrogens (tertiary/aromatic N) is 1. The fourth-order valence-corrected chi connectivity index (χ4v) is 1.76. The van der Waals surface area contributed by atoms with Gasteiger partial charge in [-0.3, -0.25) is 0 Å². The van der Waals surface area contributed by atoms with E-state index in [-0.39, 0.29) is 0 Å². The molecule has 88 valence electrons. The Bertz CT molecular complexity index is 320. The molecule has 0 spiro atoms. The molecule has 0 heterocycles. The van der Waals surface area contributed by atoms with Crippen LogP contribution in [0.4, 0.5) is 0 Å². The van der Waals surface area contributed by atoms with Crippen molar-refractivity contribution in [1.82, 2.24) is 0 Å². The summed E-state index contributed by atoms with van der Waals surface area (Å²) in [4.78, 5) is 0. The molecule has 16 heavy (non-hydrogen) atoms. The molecule has 0 aliphatic heterocycles. The van der Waals surface area contributed by atoms with Gasteiger partial charge in [0, 0.05) is 6.42 Å². The highest BCUT2D eigenvalue weighted by Crippen LogP contribution is 2.09. The maximum Gasteiger partial charge on any atom is 0.0825 e. The van der Waals surface area contributed by atoms with E-state index in [1.807, 2.05) is 6.08 Å². The van der Waals surface area contributed by atoms with Crippen LogP contribution in [0.25, 0.3) is 6.08 Å². The molecule has 1 heteroatoms. The minimum absolute atomic E-state index is 1.16. The third-order valence-electron chi connectivity index (χ3n) is 3.68. The molecule has 1 rings (SSSR count). The number of hydrogen-bond acceptors (Lipinski definition) is 0. The Morgan fingerprint density at radius 2 is 1.69 bits per heavy atom. The summed E-state index contributed by atoms with van der Waals surface area (Å²) in [5, 5.41) is 0. The first kappa shape index (κ1) is 13.0. The quantitative estimate of drug-likeness (QED) is 0.642. The lowest BCUT2D eigenvalue weighted by molar-refractivity contribution is -0.905. The van der Waals surface area contributed by atoms with Gasteiger partial charge in [0.1, 0.15) is 0 Å². The summed E-state index contributed by atoms with van der Waals surface area (Å²) in [5.74, 6) is 0. The normalized spacial score (nSPS) is 11.4. The van der Waals surface area contributed by atoms with E-state index in [4.69, 9.17) is 0 Å². The molecule has 0 N–H and O–H groups in total. The highest BCUT2D eigenvalue weighted by atomic mass is 15.3. The molecule has 0 aromatic heterocycles. The van der Waals surface area contributed by atoms with Gasteiger partial charge in [0.2, 0.25) is 0 Å². The largest absolute Gasteiger partial charge is 0.326 e. The molecule has 0 saturated heterocycles. The van der Waals surface area contributed by atoms with Crippen molar-refractivity contribution in [2.45, 2.75) is 20.3 Å². The molecule has 1 aromatic carbocycles. The molecule has 1 aromatic rings. The minimum Gasteiger partial charge on any atom is -0.326 e. The van der Waals surface area contributed by atoms with Crippen LogP contribution in [0.1, 0.15) is 25.0 Å². The summed E-state index contributed by atoms with van der Waals surface area (Å²) in [6.07, 6.45) is 3.05. The SMILES string of the molecule is C=Cc1ccc(CC[N+](C)(CC)CC)cc1. The van der Waals surface area contributed by atoms with E-state index in [9.17, 15) is 0 Å². The Hall–Kier alpha value is -1.08. The molecule has 0 amide bonds. The van der Waals surface area contributed by atoms with Crippen LogP contribution in [0, 0.1) is 0 Å². The van der Waals surface area contributed by atoms with Crippen molar-refractivity contribution in [1.29, 1.82) is 0 Å². The smallest absolute Gasteiger partial charge is 0.0825 e. The second-order valence-corrected chi connectivity index (χ2v) is 4.67. The van der Waals surface area contributed by atoms with Crippen LogP contribution in [-0.2, 0) is 6.42 Å². The minimum atomic E-state index is 1.16. The Morgan fingerprint density at radius 1 is 1.12 bits per heavy atom. The molecular weight excluding hydrogens is 194 g/mol. The van der Waals surface area contributed by atoms with Crippen molar-refractivity contribution in [3.8, 4) is 0 Å². The highest BCUT2D eigenvalue weighted by molar-refractivity contribution is 5.47. The summed E-state index contributed by atoms with van der Waals surface area (Å²) in [6.45, 7) is 11.9. The molecule has 0 aliphatic rings. The van der Waals surface area contributed by atoms with Gasteiger partial charge in [0.25, 0.3) is 0 Å². The standard InChI is InChI=1S/C15H24N/c1-5-14-8-10-15(11-9-14)12-13-16(4,6-2)7-3/h5,8-11H,1,6-7,12-13H2,2-4H3/q+1. The van der Waals surface area contributed by atoms with E-state index < -0.39 is 0 Å². The molecule has 0 aliphatic carbocycles. The van der Waals surface area contributed by atoms with Crippen LogP contribution in [0.3, 0.4) is 0 Å². The zero-order valence-electron chi connectivity index (χ0n) is 10.9. The van der Waals surface area contributed by atoms with Crippen LogP contribution in [0.5, 0.6) is 0 Å². The molecule has 0 atom stereocenters. The van der Waals surface area contributed by atoms with E-state index >= 15 is 0 Å². The van der Waals surface area contributed by atoms with Crippen LogP contribution in [-0.4, -0.2) is 31.2 Å². The lowest BCUT2D eigenvalue weighted by Gasteiger charge is -2.32. The number of rotatable bonds is 6. The lowest BCUT2D eigenvalue weighted by Crippen LogP contribution is -2.44. The van der Waals surface area contributed by atoms with Gasteiger partial charge in [0.15, 0.2) is 0 Å². The van der Waals surface area contributed by atoms with Gasteiger partial charge < -0.3 is 4.48 Å². The Kier molecular flexibility index (Phi) is 4.75. The van der Waals surface area contributed by atoms with Crippen LogP contribution < -0.4 is 0 Å². The van der Waals surface area contributed by atoms with Crippen molar-refractivity contribution in [3.05, 3.63) is 42.0 Å². The predicted molar refractivity (Wildman–Crippen MR) is 72.4 cm³/mol. The average Bonchev–Trinajstić information content (AvgIpc) is 2.36. The van der Waals surface area contributed by atoms with Gasteiger partial charge in [-0.05, 0) is 25.0 Å². The summed E-state index contributed by atoms with van der Waals surface area (Å²) in [5.41, 5.74) is 2.63. The maximum absolute atomic E-state index is 3.77. The van der Waals surface area contributed by atoms with Gasteiger partial charge in [-0.1, -0.05) is 36.9 Å². The Balaban J connectivity index is 2.57. The lowest BCUT2D eigenvalue weighted by atomic mass is 10.1. The number of likely N-dealkylation sites (N-methyl/N-ethyl adjacent to an activating group) is 1. The van der Waals surface area contributed by atoms with Gasteiger partial charge in [-0.15, -0.1) is 0 Å². The van der Waals surface area contributed by atoms with Gasteiger partial charge in [-0.25, -0.2) is 0 Å². The highest BCUT2D eigenvalue weighted by Gasteiger charge is 2.15. The zero-order valence-corrected chi connectivity index (χ0v) is 10.9. The molecule has 0 radical (unpaired) electrons. The number of benzene rings is 1. The maximum atomic E-state index is 3.77. The fourth-order valence-electron chi connectivity index (χ4n) is 1.76. The van der Waals surface area contributed by atoms with E-state index in [0.29, 0.717) is 0 Å². The summed E-state index contributed by atoms with van der Waals surface area (Å²) >= 11 is 0. The summed E-state index contributed by atoms with van der Waals surface area (Å²) in [6, 6.07) is 8.72. The van der Waals surface area contributed by atoms with Crippen molar-refractivity contribution >= 4 is 6.08 Å². The zero-order chi connectivity index (χ0) is 12.0. The summed E-state index contributed by atoms with van der Waals surface area (Å²) in [7, 11) is 2.33. The first-order valence-corrected chi connectivity index (χ1v) is 6.18. The molecule has 0 unspecified atom stereocenters. The topological polar surface area (TPSA) is 0 Å². The van der Waals surface area contributed by atoms with Crippen molar-refractivity contribution in [3.63, 3.8) is 0 Å². The third kappa shape index (κ3) is 3.49. The molecule has 0 saturated carbocycles. The van der Waals surface area contributed by atoms with Crippen LogP contribution in [0.15, 0.2) is 30.8 Å². The van der Waals surface area contributed by atoms with Crippen molar-refractivity contribution in [2.75, 3.05) is 26.7 Å². The molecule has 0 fully saturated rings. The second-order valence-electron chi connectivity index (χ2n) is 4.67. The molecule has 0 bridgehead atoms. The first-order chi connectivity index (χ1) is 7.63. The van der Waals surface area contributed by atoms with Gasteiger partial charge in [-0.2, -0.15) is 0 Å². The molecule has 1 nitrogen and oxygen atoms in total. The van der Waals surface area contributed by atoms with Crippen LogP contribution in [0.2, 0.25) is 0 Å². The van der Waals surface area contributed by atoms with Gasteiger partial charge >= 0.3 is 0 Å². The van der Waals surface area contributed by atoms with Crippen LogP contribution >= 0.6 is 0 Å². The van der Waals surface area contributed by atoms with Gasteiger partial charge in [0.05, 0.1) is 26.7 Å². The number of hydrogen-bond donors (Lipinski definition) is 0. The third-order valence-corrected chi connectivity index (χ3v) is 3.68. The molecular formula is C15H24N+.